The minimum Gasteiger partial charge on any atom is -0.466 e. The van der Waals surface area contributed by atoms with Crippen LogP contribution in [0.3, 0.4) is 0 Å². The van der Waals surface area contributed by atoms with Gasteiger partial charge in [-0.1, -0.05) is 42.5 Å². The molecule has 0 aromatic heterocycles. The number of ether oxygens (including phenoxy) is 2. The molecule has 0 aliphatic rings. The molecule has 44 heavy (non-hydrogen) atoms. The number of hydrogen-bond acceptors (Lipinski definition) is 7. The van der Waals surface area contributed by atoms with Crippen LogP contribution in [0, 0.1) is 0 Å². The number of alkyl halides is 6. The Morgan fingerprint density at radius 2 is 1.50 bits per heavy atom. The lowest BCUT2D eigenvalue weighted by molar-refractivity contribution is -0.142. The number of benzene rings is 3. The standard InChI is InChI=1S/C29H27F6NO7S/c1-3-36(27(38)42-18-19-8-6-5-7-9-19)17-21-16-22(28(30,31)32)11-12-23(21)24-14-20(15-26(37)41-4-2)10-13-25(24)43-44(39,40)29(33,34)35/h5-14,16H,3-4,15,17-18H2,1-2H3. The van der Waals surface area contributed by atoms with Gasteiger partial charge in [-0.25, -0.2) is 4.79 Å². The van der Waals surface area contributed by atoms with Gasteiger partial charge in [0.15, 0.2) is 5.75 Å². The van der Waals surface area contributed by atoms with Crippen LogP contribution in [0.1, 0.15) is 36.1 Å². The van der Waals surface area contributed by atoms with Gasteiger partial charge in [0, 0.05) is 18.7 Å². The van der Waals surface area contributed by atoms with Crippen LogP contribution in [0.4, 0.5) is 31.1 Å². The van der Waals surface area contributed by atoms with Crippen LogP contribution in [-0.4, -0.2) is 44.0 Å². The summed E-state index contributed by atoms with van der Waals surface area (Å²) in [7, 11) is -6.20. The average molecular weight is 648 g/mol. The lowest BCUT2D eigenvalue weighted by Crippen LogP contribution is -2.31. The van der Waals surface area contributed by atoms with Gasteiger partial charge in [0.1, 0.15) is 6.61 Å². The van der Waals surface area contributed by atoms with Crippen LogP contribution in [0.5, 0.6) is 5.75 Å². The number of carbonyl (C=O) groups is 2. The predicted molar refractivity (Wildman–Crippen MR) is 146 cm³/mol. The Morgan fingerprint density at radius 3 is 2.09 bits per heavy atom. The quantitative estimate of drug-likeness (QED) is 0.0970. The second kappa shape index (κ2) is 14.0. The third-order valence-corrected chi connectivity index (χ3v) is 7.08. The van der Waals surface area contributed by atoms with Crippen LogP contribution >= 0.6 is 0 Å². The van der Waals surface area contributed by atoms with Gasteiger partial charge in [-0.15, -0.1) is 0 Å². The highest BCUT2D eigenvalue weighted by Crippen LogP contribution is 2.40. The Hall–Kier alpha value is -4.27. The summed E-state index contributed by atoms with van der Waals surface area (Å²) in [5, 5.41) is 0. The number of nitrogens with zero attached hydrogens (tertiary/aromatic N) is 1. The monoisotopic (exact) mass is 647 g/mol. The fraction of sp³-hybridized carbons (Fsp3) is 0.310. The molecule has 0 fully saturated rings. The minimum atomic E-state index is -6.20. The number of esters is 1. The fourth-order valence-corrected chi connectivity index (χ4v) is 4.48. The second-order valence-electron chi connectivity index (χ2n) is 9.22. The van der Waals surface area contributed by atoms with Gasteiger partial charge in [-0.05, 0) is 60.4 Å². The zero-order valence-corrected chi connectivity index (χ0v) is 24.2. The number of rotatable bonds is 11. The van der Waals surface area contributed by atoms with Crippen molar-refractivity contribution in [1.82, 2.24) is 4.90 Å². The van der Waals surface area contributed by atoms with E-state index >= 15 is 0 Å². The van der Waals surface area contributed by atoms with E-state index in [1.165, 1.54) is 6.92 Å². The van der Waals surface area contributed by atoms with Crippen molar-refractivity contribution in [1.29, 1.82) is 0 Å². The first-order chi connectivity index (χ1) is 20.6. The van der Waals surface area contributed by atoms with Crippen LogP contribution in [0.15, 0.2) is 66.7 Å². The third-order valence-electron chi connectivity index (χ3n) is 6.11. The van der Waals surface area contributed by atoms with E-state index in [0.717, 1.165) is 29.2 Å². The largest absolute Gasteiger partial charge is 0.534 e. The summed E-state index contributed by atoms with van der Waals surface area (Å²) in [6.07, 6.45) is -6.13. The molecule has 3 aromatic carbocycles. The van der Waals surface area contributed by atoms with Gasteiger partial charge >= 0.3 is 33.9 Å². The molecule has 8 nitrogen and oxygen atoms in total. The SMILES string of the molecule is CCOC(=O)Cc1ccc(OS(=O)(=O)C(F)(F)F)c(-c2ccc(C(F)(F)F)cc2CN(CC)C(=O)OCc2ccccc2)c1. The molecule has 0 unspecified atom stereocenters. The highest BCUT2D eigenvalue weighted by atomic mass is 32.2. The number of amides is 1. The number of hydrogen-bond donors (Lipinski definition) is 0. The van der Waals surface area contributed by atoms with E-state index in [0.29, 0.717) is 17.7 Å². The molecule has 0 saturated carbocycles. The molecular weight excluding hydrogens is 620 g/mol. The Bertz CT molecular complexity index is 1580. The predicted octanol–water partition coefficient (Wildman–Crippen LogP) is 6.87. The molecule has 0 heterocycles. The van der Waals surface area contributed by atoms with E-state index in [1.807, 2.05) is 0 Å². The first kappa shape index (κ1) is 34.2. The van der Waals surface area contributed by atoms with Gasteiger partial charge in [0.25, 0.3) is 0 Å². The molecule has 0 atom stereocenters. The van der Waals surface area contributed by atoms with E-state index < -0.39 is 58.1 Å². The normalized spacial score (nSPS) is 12.0. The molecule has 1 amide bonds. The maximum Gasteiger partial charge on any atom is 0.534 e. The van der Waals surface area contributed by atoms with E-state index in [4.69, 9.17) is 9.47 Å². The highest BCUT2D eigenvalue weighted by Gasteiger charge is 2.49. The molecule has 0 saturated heterocycles. The van der Waals surface area contributed by atoms with Crippen molar-refractivity contribution in [2.75, 3.05) is 13.2 Å². The first-order valence-electron chi connectivity index (χ1n) is 13.0. The fourth-order valence-electron chi connectivity index (χ4n) is 4.00. The van der Waals surface area contributed by atoms with Crippen molar-refractivity contribution in [2.24, 2.45) is 0 Å². The smallest absolute Gasteiger partial charge is 0.466 e. The van der Waals surface area contributed by atoms with Gasteiger partial charge in [0.2, 0.25) is 0 Å². The Kier molecular flexibility index (Phi) is 10.9. The van der Waals surface area contributed by atoms with Gasteiger partial charge in [-0.3, -0.25) is 4.79 Å². The lowest BCUT2D eigenvalue weighted by Gasteiger charge is -2.24. The molecule has 0 aliphatic heterocycles. The third kappa shape index (κ3) is 8.88. The van der Waals surface area contributed by atoms with Crippen LogP contribution < -0.4 is 4.18 Å². The van der Waals surface area contributed by atoms with E-state index in [2.05, 4.69) is 4.18 Å². The summed E-state index contributed by atoms with van der Waals surface area (Å²) in [6.45, 7) is 2.39. The molecule has 0 aliphatic carbocycles. The van der Waals surface area contributed by atoms with Crippen molar-refractivity contribution in [2.45, 2.75) is 45.1 Å². The second-order valence-corrected chi connectivity index (χ2v) is 10.8. The zero-order valence-electron chi connectivity index (χ0n) is 23.4. The molecular formula is C29H27F6NO7S. The van der Waals surface area contributed by atoms with Gasteiger partial charge < -0.3 is 18.6 Å². The first-order valence-corrected chi connectivity index (χ1v) is 14.4. The van der Waals surface area contributed by atoms with Crippen LogP contribution in [0.2, 0.25) is 0 Å². The molecule has 0 spiro atoms. The van der Waals surface area contributed by atoms with E-state index in [1.54, 1.807) is 37.3 Å². The molecule has 3 rings (SSSR count). The van der Waals surface area contributed by atoms with E-state index in [-0.39, 0.29) is 42.0 Å². The van der Waals surface area contributed by atoms with Crippen molar-refractivity contribution in [3.63, 3.8) is 0 Å². The molecule has 0 N–H and O–H groups in total. The summed E-state index contributed by atoms with van der Waals surface area (Å²) in [5.41, 5.74) is -6.97. The summed E-state index contributed by atoms with van der Waals surface area (Å²) >= 11 is 0. The van der Waals surface area contributed by atoms with Crippen LogP contribution in [-0.2, 0) is 50.1 Å². The highest BCUT2D eigenvalue weighted by molar-refractivity contribution is 7.88. The molecule has 0 radical (unpaired) electrons. The summed E-state index contributed by atoms with van der Waals surface area (Å²) in [5.74, 6) is -1.59. The van der Waals surface area contributed by atoms with E-state index in [9.17, 15) is 44.3 Å². The molecule has 238 valence electrons. The molecule has 3 aromatic rings. The maximum atomic E-state index is 13.7. The van der Waals surface area contributed by atoms with Crippen molar-refractivity contribution < 1.29 is 58.0 Å². The number of carbonyl (C=O) groups excluding carboxylic acids is 2. The van der Waals surface area contributed by atoms with Crippen molar-refractivity contribution >= 4 is 22.2 Å². The lowest BCUT2D eigenvalue weighted by atomic mass is 9.94. The van der Waals surface area contributed by atoms with Crippen LogP contribution in [0.25, 0.3) is 11.1 Å². The van der Waals surface area contributed by atoms with Gasteiger partial charge in [-0.2, -0.15) is 34.8 Å². The molecule has 0 bridgehead atoms. The maximum absolute atomic E-state index is 13.7. The van der Waals surface area contributed by atoms with Gasteiger partial charge in [0.05, 0.1) is 18.6 Å². The minimum absolute atomic E-state index is 0.0208. The summed E-state index contributed by atoms with van der Waals surface area (Å²) < 4.78 is 119. The Labute approximate surface area is 249 Å². The van der Waals surface area contributed by atoms with Crippen molar-refractivity contribution in [3.05, 3.63) is 89.0 Å². The average Bonchev–Trinajstić information content (AvgIpc) is 2.95. The summed E-state index contributed by atoms with van der Waals surface area (Å²) in [4.78, 5) is 26.0. The number of halogens is 6. The zero-order chi connectivity index (χ0) is 32.7. The van der Waals surface area contributed by atoms with Crippen molar-refractivity contribution in [3.8, 4) is 16.9 Å². The topological polar surface area (TPSA) is 99.2 Å². The Morgan fingerprint density at radius 1 is 0.818 bits per heavy atom. The molecule has 15 heteroatoms. The Balaban J connectivity index is 2.12. The summed E-state index contributed by atoms with van der Waals surface area (Å²) in [6, 6.07) is 13.9.